The van der Waals surface area contributed by atoms with Gasteiger partial charge in [-0.05, 0) is 51.0 Å². The van der Waals surface area contributed by atoms with Gasteiger partial charge in [-0.2, -0.15) is 0 Å². The summed E-state index contributed by atoms with van der Waals surface area (Å²) >= 11 is 7.12. The minimum Gasteiger partial charge on any atom is -0.351 e. The van der Waals surface area contributed by atoms with Crippen molar-refractivity contribution in [2.45, 2.75) is 25.7 Å². The Balaban J connectivity index is 1.61. The predicted molar refractivity (Wildman–Crippen MR) is 76.6 cm³/mol. The van der Waals surface area contributed by atoms with Crippen LogP contribution in [0, 0.1) is 0 Å². The standard InChI is InChI=1S/C13H19ClN2OS/c14-12-6-5-11(18-12)13(17)15-7-4-10-16-8-2-1-3-9-16/h5-6H,1-4,7-10H2,(H,15,17). The number of thiophene rings is 1. The van der Waals surface area contributed by atoms with Gasteiger partial charge in [0.25, 0.3) is 5.91 Å². The Kier molecular flexibility index (Phi) is 5.47. The Labute approximate surface area is 117 Å². The van der Waals surface area contributed by atoms with Gasteiger partial charge in [-0.3, -0.25) is 4.79 Å². The Morgan fingerprint density at radius 3 is 2.78 bits per heavy atom. The molecule has 0 unspecified atom stereocenters. The fraction of sp³-hybridized carbons (Fsp3) is 0.615. The van der Waals surface area contributed by atoms with Crippen LogP contribution in [0.2, 0.25) is 4.34 Å². The second kappa shape index (κ2) is 7.12. The number of nitrogens with zero attached hydrogens (tertiary/aromatic N) is 1. The van der Waals surface area contributed by atoms with E-state index < -0.39 is 0 Å². The highest BCUT2D eigenvalue weighted by Gasteiger charge is 2.10. The monoisotopic (exact) mass is 286 g/mol. The molecule has 0 aromatic carbocycles. The first-order valence-corrected chi connectivity index (χ1v) is 7.71. The van der Waals surface area contributed by atoms with Gasteiger partial charge in [-0.15, -0.1) is 11.3 Å². The van der Waals surface area contributed by atoms with Crippen LogP contribution in [0.15, 0.2) is 12.1 Å². The van der Waals surface area contributed by atoms with Gasteiger partial charge >= 0.3 is 0 Å². The third kappa shape index (κ3) is 4.26. The minimum absolute atomic E-state index is 0.00876. The van der Waals surface area contributed by atoms with Crippen molar-refractivity contribution in [1.82, 2.24) is 10.2 Å². The van der Waals surface area contributed by atoms with Crippen LogP contribution in [-0.2, 0) is 0 Å². The van der Waals surface area contributed by atoms with Gasteiger partial charge in [-0.25, -0.2) is 0 Å². The maximum atomic E-state index is 11.7. The van der Waals surface area contributed by atoms with Crippen molar-refractivity contribution in [3.63, 3.8) is 0 Å². The van der Waals surface area contributed by atoms with Gasteiger partial charge in [0, 0.05) is 6.54 Å². The van der Waals surface area contributed by atoms with Crippen LogP contribution in [0.4, 0.5) is 0 Å². The molecule has 3 nitrogen and oxygen atoms in total. The number of hydrogen-bond donors (Lipinski definition) is 1. The van der Waals surface area contributed by atoms with E-state index in [0.29, 0.717) is 9.21 Å². The van der Waals surface area contributed by atoms with E-state index in [-0.39, 0.29) is 5.91 Å². The summed E-state index contributed by atoms with van der Waals surface area (Å²) in [6.07, 6.45) is 5.03. The van der Waals surface area contributed by atoms with Crippen molar-refractivity contribution in [2.75, 3.05) is 26.2 Å². The maximum Gasteiger partial charge on any atom is 0.261 e. The molecule has 2 rings (SSSR count). The molecule has 1 aromatic rings. The number of halogens is 1. The molecule has 1 N–H and O–H groups in total. The van der Waals surface area contributed by atoms with Crippen molar-refractivity contribution in [3.8, 4) is 0 Å². The summed E-state index contributed by atoms with van der Waals surface area (Å²) in [5.74, 6) is -0.00876. The molecule has 5 heteroatoms. The van der Waals surface area contributed by atoms with Crippen LogP contribution >= 0.6 is 22.9 Å². The van der Waals surface area contributed by atoms with E-state index in [2.05, 4.69) is 10.2 Å². The molecule has 100 valence electrons. The van der Waals surface area contributed by atoms with E-state index in [1.165, 1.54) is 43.7 Å². The van der Waals surface area contributed by atoms with Gasteiger partial charge in [0.15, 0.2) is 0 Å². The van der Waals surface area contributed by atoms with E-state index in [0.717, 1.165) is 19.5 Å². The average Bonchev–Trinajstić information content (AvgIpc) is 2.82. The van der Waals surface area contributed by atoms with Crippen molar-refractivity contribution in [1.29, 1.82) is 0 Å². The number of amides is 1. The van der Waals surface area contributed by atoms with Gasteiger partial charge in [0.05, 0.1) is 9.21 Å². The molecule has 1 amide bonds. The zero-order valence-corrected chi connectivity index (χ0v) is 12.0. The van der Waals surface area contributed by atoms with Gasteiger partial charge in [0.2, 0.25) is 0 Å². The van der Waals surface area contributed by atoms with Crippen LogP contribution < -0.4 is 5.32 Å². The Morgan fingerprint density at radius 1 is 1.33 bits per heavy atom. The van der Waals surface area contributed by atoms with Crippen LogP contribution in [0.3, 0.4) is 0 Å². The van der Waals surface area contributed by atoms with E-state index in [9.17, 15) is 4.79 Å². The zero-order valence-electron chi connectivity index (χ0n) is 10.5. The van der Waals surface area contributed by atoms with E-state index in [1.54, 1.807) is 12.1 Å². The second-order valence-electron chi connectivity index (χ2n) is 4.62. The fourth-order valence-corrected chi connectivity index (χ4v) is 3.17. The van der Waals surface area contributed by atoms with Gasteiger partial charge < -0.3 is 10.2 Å². The molecule has 0 radical (unpaired) electrons. The third-order valence-electron chi connectivity index (χ3n) is 3.18. The van der Waals surface area contributed by atoms with Crippen molar-refractivity contribution in [2.24, 2.45) is 0 Å². The van der Waals surface area contributed by atoms with Crippen LogP contribution in [0.1, 0.15) is 35.4 Å². The first-order valence-electron chi connectivity index (χ1n) is 6.51. The molecule has 1 fully saturated rings. The molecule has 0 bridgehead atoms. The molecular weight excluding hydrogens is 268 g/mol. The molecule has 1 aromatic heterocycles. The number of carbonyl (C=O) groups is 1. The van der Waals surface area contributed by atoms with Crippen LogP contribution in [0.25, 0.3) is 0 Å². The lowest BCUT2D eigenvalue weighted by Gasteiger charge is -2.26. The van der Waals surface area contributed by atoms with Crippen molar-refractivity contribution >= 4 is 28.8 Å². The van der Waals surface area contributed by atoms with Crippen molar-refractivity contribution < 1.29 is 4.79 Å². The summed E-state index contributed by atoms with van der Waals surface area (Å²) in [6.45, 7) is 4.26. The molecule has 2 heterocycles. The summed E-state index contributed by atoms with van der Waals surface area (Å²) in [7, 11) is 0. The van der Waals surface area contributed by atoms with E-state index in [4.69, 9.17) is 11.6 Å². The van der Waals surface area contributed by atoms with Gasteiger partial charge in [0.1, 0.15) is 0 Å². The summed E-state index contributed by atoms with van der Waals surface area (Å²) in [5.41, 5.74) is 0. The maximum absolute atomic E-state index is 11.7. The summed E-state index contributed by atoms with van der Waals surface area (Å²) in [5, 5.41) is 2.94. The Hall–Kier alpha value is -0.580. The zero-order chi connectivity index (χ0) is 12.8. The lowest BCUT2D eigenvalue weighted by atomic mass is 10.1. The molecular formula is C13H19ClN2OS. The molecule has 0 aliphatic carbocycles. The molecule has 18 heavy (non-hydrogen) atoms. The average molecular weight is 287 g/mol. The number of rotatable bonds is 5. The highest BCUT2D eigenvalue weighted by molar-refractivity contribution is 7.17. The number of nitrogens with one attached hydrogen (secondary N) is 1. The number of piperidine rings is 1. The molecule has 0 saturated carbocycles. The fourth-order valence-electron chi connectivity index (χ4n) is 2.21. The molecule has 1 aliphatic heterocycles. The number of carbonyl (C=O) groups excluding carboxylic acids is 1. The minimum atomic E-state index is -0.00876. The SMILES string of the molecule is O=C(NCCCN1CCCCC1)c1ccc(Cl)s1. The van der Waals surface area contributed by atoms with Crippen LogP contribution in [0.5, 0.6) is 0 Å². The lowest BCUT2D eigenvalue weighted by Crippen LogP contribution is -2.33. The first kappa shape index (κ1) is 13.8. The smallest absolute Gasteiger partial charge is 0.261 e. The quantitative estimate of drug-likeness (QED) is 0.844. The van der Waals surface area contributed by atoms with Crippen molar-refractivity contribution in [3.05, 3.63) is 21.3 Å². The third-order valence-corrected chi connectivity index (χ3v) is 4.41. The molecule has 1 saturated heterocycles. The van der Waals surface area contributed by atoms with Crippen LogP contribution in [-0.4, -0.2) is 37.0 Å². The molecule has 1 aliphatic rings. The normalized spacial score (nSPS) is 16.7. The second-order valence-corrected chi connectivity index (χ2v) is 6.33. The largest absolute Gasteiger partial charge is 0.351 e. The predicted octanol–water partition coefficient (Wildman–Crippen LogP) is 3.01. The number of likely N-dealkylation sites (tertiary alicyclic amines) is 1. The topological polar surface area (TPSA) is 32.3 Å². The first-order chi connectivity index (χ1) is 8.75. The highest BCUT2D eigenvalue weighted by Crippen LogP contribution is 2.21. The summed E-state index contributed by atoms with van der Waals surface area (Å²) in [4.78, 5) is 14.9. The summed E-state index contributed by atoms with van der Waals surface area (Å²) in [6, 6.07) is 3.53. The van der Waals surface area contributed by atoms with E-state index >= 15 is 0 Å². The number of hydrogen-bond acceptors (Lipinski definition) is 3. The Morgan fingerprint density at radius 2 is 2.11 bits per heavy atom. The molecule has 0 spiro atoms. The molecule has 0 atom stereocenters. The Bertz CT molecular complexity index is 388. The lowest BCUT2D eigenvalue weighted by molar-refractivity contribution is 0.0955. The van der Waals surface area contributed by atoms with E-state index in [1.807, 2.05) is 0 Å². The van der Waals surface area contributed by atoms with Gasteiger partial charge in [-0.1, -0.05) is 18.0 Å². The summed E-state index contributed by atoms with van der Waals surface area (Å²) < 4.78 is 0.661. The highest BCUT2D eigenvalue weighted by atomic mass is 35.5.